The zero-order valence-electron chi connectivity index (χ0n) is 12.9. The number of aliphatic hydroxyl groups is 4. The first-order chi connectivity index (χ1) is 10.9. The van der Waals surface area contributed by atoms with Crippen molar-refractivity contribution in [3.63, 3.8) is 0 Å². The van der Waals surface area contributed by atoms with E-state index in [-0.39, 0.29) is 11.9 Å². The van der Waals surface area contributed by atoms with E-state index in [9.17, 15) is 20.4 Å². The van der Waals surface area contributed by atoms with Gasteiger partial charge < -0.3 is 35.0 Å². The SMILES string of the molecule is CC(CCc1ccc(O)cc1)O[C@@H]1O[C@H](CO)[C@@H](O)[C@H](O)[C@H]1O. The predicted octanol–water partition coefficient (Wildman–Crippen LogP) is -0.470. The molecule has 0 aromatic heterocycles. The van der Waals surface area contributed by atoms with E-state index in [0.717, 1.165) is 5.56 Å². The molecule has 1 aliphatic heterocycles. The van der Waals surface area contributed by atoms with E-state index in [2.05, 4.69) is 0 Å². The van der Waals surface area contributed by atoms with Crippen molar-refractivity contribution in [1.82, 2.24) is 0 Å². The van der Waals surface area contributed by atoms with Crippen molar-refractivity contribution < 1.29 is 35.0 Å². The van der Waals surface area contributed by atoms with E-state index in [1.54, 1.807) is 12.1 Å². The number of phenolic OH excluding ortho intramolecular Hbond substituents is 1. The Morgan fingerprint density at radius 3 is 2.35 bits per heavy atom. The molecule has 1 heterocycles. The lowest BCUT2D eigenvalue weighted by molar-refractivity contribution is -0.310. The summed E-state index contributed by atoms with van der Waals surface area (Å²) in [6, 6.07) is 6.85. The molecular weight excluding hydrogens is 304 g/mol. The van der Waals surface area contributed by atoms with Crippen molar-refractivity contribution in [2.24, 2.45) is 0 Å². The molecule has 1 saturated heterocycles. The Morgan fingerprint density at radius 2 is 1.74 bits per heavy atom. The van der Waals surface area contributed by atoms with Gasteiger partial charge in [-0.25, -0.2) is 0 Å². The summed E-state index contributed by atoms with van der Waals surface area (Å²) in [6.07, 6.45) is -5.21. The van der Waals surface area contributed by atoms with Gasteiger partial charge in [0.2, 0.25) is 0 Å². The van der Waals surface area contributed by atoms with Gasteiger partial charge in [-0.1, -0.05) is 12.1 Å². The van der Waals surface area contributed by atoms with Crippen molar-refractivity contribution >= 4 is 0 Å². The van der Waals surface area contributed by atoms with Crippen LogP contribution in [0.1, 0.15) is 18.9 Å². The smallest absolute Gasteiger partial charge is 0.186 e. The quantitative estimate of drug-likeness (QED) is 0.479. The maximum absolute atomic E-state index is 9.92. The maximum atomic E-state index is 9.92. The molecule has 0 radical (unpaired) electrons. The number of ether oxygens (including phenoxy) is 2. The molecule has 7 nitrogen and oxygen atoms in total. The minimum Gasteiger partial charge on any atom is -0.508 e. The molecule has 1 unspecified atom stereocenters. The molecule has 7 heteroatoms. The van der Waals surface area contributed by atoms with Crippen LogP contribution in [-0.4, -0.2) is 68.9 Å². The molecule has 23 heavy (non-hydrogen) atoms. The van der Waals surface area contributed by atoms with E-state index >= 15 is 0 Å². The molecule has 0 spiro atoms. The lowest BCUT2D eigenvalue weighted by Gasteiger charge is -2.40. The first-order valence-electron chi connectivity index (χ1n) is 7.66. The summed E-state index contributed by atoms with van der Waals surface area (Å²) in [6.45, 7) is 1.33. The Kier molecular flexibility index (Phi) is 6.34. The normalized spacial score (nSPS) is 32.7. The first kappa shape index (κ1) is 18.1. The van der Waals surface area contributed by atoms with Crippen molar-refractivity contribution in [2.75, 3.05) is 6.61 Å². The van der Waals surface area contributed by atoms with Crippen molar-refractivity contribution in [2.45, 2.75) is 56.6 Å². The Morgan fingerprint density at radius 1 is 1.09 bits per heavy atom. The minimum absolute atomic E-state index is 0.208. The molecule has 1 aliphatic rings. The van der Waals surface area contributed by atoms with Crippen molar-refractivity contribution in [1.29, 1.82) is 0 Å². The molecule has 0 aliphatic carbocycles. The fraction of sp³-hybridized carbons (Fsp3) is 0.625. The van der Waals surface area contributed by atoms with Gasteiger partial charge in [0.1, 0.15) is 30.2 Å². The standard InChI is InChI=1S/C16H24O7/c1-9(2-3-10-4-6-11(18)7-5-10)22-16-15(21)14(20)13(19)12(8-17)23-16/h4-7,9,12-21H,2-3,8H2,1H3/t9?,12-,13-,14+,15-,16-/m1/s1. The Bertz CT molecular complexity index is 476. The lowest BCUT2D eigenvalue weighted by atomic mass is 9.99. The fourth-order valence-electron chi connectivity index (χ4n) is 2.51. The van der Waals surface area contributed by atoms with Crippen LogP contribution in [0.2, 0.25) is 0 Å². The third kappa shape index (κ3) is 4.63. The second-order valence-electron chi connectivity index (χ2n) is 5.85. The lowest BCUT2D eigenvalue weighted by Crippen LogP contribution is -2.59. The highest BCUT2D eigenvalue weighted by Gasteiger charge is 2.44. The molecule has 2 rings (SSSR count). The summed E-state index contributed by atoms with van der Waals surface area (Å²) in [5.41, 5.74) is 1.03. The largest absolute Gasteiger partial charge is 0.508 e. The van der Waals surface area contributed by atoms with E-state index in [0.29, 0.717) is 12.8 Å². The molecule has 5 N–H and O–H groups in total. The number of aromatic hydroxyl groups is 1. The second-order valence-corrected chi connectivity index (χ2v) is 5.85. The Labute approximate surface area is 134 Å². The van der Waals surface area contributed by atoms with Crippen LogP contribution < -0.4 is 0 Å². The Hall–Kier alpha value is -1.22. The van der Waals surface area contributed by atoms with Gasteiger partial charge in [0.15, 0.2) is 6.29 Å². The van der Waals surface area contributed by atoms with Crippen LogP contribution in [-0.2, 0) is 15.9 Å². The highest BCUT2D eigenvalue weighted by Crippen LogP contribution is 2.23. The maximum Gasteiger partial charge on any atom is 0.186 e. The number of rotatable bonds is 6. The average molecular weight is 328 g/mol. The summed E-state index contributed by atoms with van der Waals surface area (Å²) in [4.78, 5) is 0. The number of aliphatic hydroxyl groups excluding tert-OH is 4. The summed E-state index contributed by atoms with van der Waals surface area (Å²) < 4.78 is 10.9. The number of hydrogen-bond acceptors (Lipinski definition) is 7. The fourth-order valence-corrected chi connectivity index (χ4v) is 2.51. The third-order valence-corrected chi connectivity index (χ3v) is 3.99. The van der Waals surface area contributed by atoms with Gasteiger partial charge in [0.05, 0.1) is 12.7 Å². The summed E-state index contributed by atoms with van der Waals surface area (Å²) in [7, 11) is 0. The van der Waals surface area contributed by atoms with Crippen LogP contribution in [0.15, 0.2) is 24.3 Å². The summed E-state index contributed by atoms with van der Waals surface area (Å²) in [5, 5.41) is 47.7. The molecule has 0 amide bonds. The van der Waals surface area contributed by atoms with Gasteiger partial charge in [-0.3, -0.25) is 0 Å². The van der Waals surface area contributed by atoms with Gasteiger partial charge in [-0.05, 0) is 37.5 Å². The average Bonchev–Trinajstić information content (AvgIpc) is 2.55. The van der Waals surface area contributed by atoms with Crippen LogP contribution in [0.5, 0.6) is 5.75 Å². The molecular formula is C16H24O7. The van der Waals surface area contributed by atoms with Crippen LogP contribution in [0, 0.1) is 0 Å². The number of hydrogen-bond donors (Lipinski definition) is 5. The monoisotopic (exact) mass is 328 g/mol. The molecule has 1 aromatic rings. The van der Waals surface area contributed by atoms with Crippen LogP contribution in [0.25, 0.3) is 0 Å². The third-order valence-electron chi connectivity index (χ3n) is 3.99. The van der Waals surface area contributed by atoms with Gasteiger partial charge >= 0.3 is 0 Å². The molecule has 0 bridgehead atoms. The Balaban J connectivity index is 1.86. The highest BCUT2D eigenvalue weighted by atomic mass is 16.7. The second kappa shape index (κ2) is 8.05. The topological polar surface area (TPSA) is 120 Å². The van der Waals surface area contributed by atoms with E-state index in [1.165, 1.54) is 0 Å². The highest BCUT2D eigenvalue weighted by molar-refractivity contribution is 5.25. The van der Waals surface area contributed by atoms with Crippen molar-refractivity contribution in [3.8, 4) is 5.75 Å². The van der Waals surface area contributed by atoms with Crippen LogP contribution in [0.3, 0.4) is 0 Å². The minimum atomic E-state index is -1.44. The van der Waals surface area contributed by atoms with Gasteiger partial charge in [-0.2, -0.15) is 0 Å². The zero-order valence-corrected chi connectivity index (χ0v) is 12.9. The van der Waals surface area contributed by atoms with Crippen LogP contribution >= 0.6 is 0 Å². The molecule has 6 atom stereocenters. The zero-order chi connectivity index (χ0) is 17.0. The number of aryl methyl sites for hydroxylation is 1. The number of benzene rings is 1. The van der Waals surface area contributed by atoms with Gasteiger partial charge in [-0.15, -0.1) is 0 Å². The molecule has 1 fully saturated rings. The molecule has 0 saturated carbocycles. The van der Waals surface area contributed by atoms with Crippen LogP contribution in [0.4, 0.5) is 0 Å². The van der Waals surface area contributed by atoms with E-state index in [1.807, 2.05) is 19.1 Å². The molecule has 1 aromatic carbocycles. The predicted molar refractivity (Wildman–Crippen MR) is 80.7 cm³/mol. The summed E-state index contributed by atoms with van der Waals surface area (Å²) >= 11 is 0. The molecule has 130 valence electrons. The summed E-state index contributed by atoms with van der Waals surface area (Å²) in [5.74, 6) is 0.208. The van der Waals surface area contributed by atoms with Gasteiger partial charge in [0.25, 0.3) is 0 Å². The van der Waals surface area contributed by atoms with E-state index < -0.39 is 37.3 Å². The number of phenols is 1. The van der Waals surface area contributed by atoms with E-state index in [4.69, 9.17) is 14.6 Å². The van der Waals surface area contributed by atoms with Gasteiger partial charge in [0, 0.05) is 0 Å². The van der Waals surface area contributed by atoms with Crippen molar-refractivity contribution in [3.05, 3.63) is 29.8 Å². The first-order valence-corrected chi connectivity index (χ1v) is 7.66.